The van der Waals surface area contributed by atoms with Gasteiger partial charge >= 0.3 is 0 Å². The molecule has 2 aromatic carbocycles. The van der Waals surface area contributed by atoms with E-state index in [-0.39, 0.29) is 18.5 Å². The Bertz CT molecular complexity index is 924. The molecule has 1 amide bonds. The average molecular weight is 430 g/mol. The second-order valence-electron chi connectivity index (χ2n) is 8.03. The molecule has 6 nitrogen and oxygen atoms in total. The van der Waals surface area contributed by atoms with Crippen molar-refractivity contribution in [1.82, 2.24) is 14.5 Å². The highest BCUT2D eigenvalue weighted by atomic mass is 32.2. The quantitative estimate of drug-likeness (QED) is 0.665. The van der Waals surface area contributed by atoms with Gasteiger partial charge in [0, 0.05) is 20.1 Å². The zero-order valence-corrected chi connectivity index (χ0v) is 18.6. The van der Waals surface area contributed by atoms with Crippen LogP contribution in [0.5, 0.6) is 0 Å². The topological polar surface area (TPSA) is 69.7 Å². The lowest BCUT2D eigenvalue weighted by Gasteiger charge is -2.32. The molecule has 1 heterocycles. The van der Waals surface area contributed by atoms with Crippen LogP contribution in [-0.2, 0) is 27.8 Å². The number of carbonyl (C=O) groups is 1. The van der Waals surface area contributed by atoms with Gasteiger partial charge < -0.3 is 9.80 Å². The highest BCUT2D eigenvalue weighted by Gasteiger charge is 2.25. The van der Waals surface area contributed by atoms with E-state index in [2.05, 4.69) is 21.8 Å². The molecule has 0 unspecified atom stereocenters. The van der Waals surface area contributed by atoms with Crippen LogP contribution in [0.4, 0.5) is 0 Å². The third-order valence-electron chi connectivity index (χ3n) is 5.59. The number of likely N-dealkylation sites (N-methyl/N-ethyl adjacent to an activating group) is 1. The van der Waals surface area contributed by atoms with Crippen LogP contribution in [0.25, 0.3) is 0 Å². The van der Waals surface area contributed by atoms with Crippen LogP contribution in [0.3, 0.4) is 0 Å². The number of rotatable bonds is 9. The standard InChI is InChI=1S/C23H31N3O3S/c1-25(22(18-26-14-6-7-15-26)21-8-4-3-5-9-21)23(27)16-19-10-12-20(13-11-19)17-24-30(2,28)29/h3-5,8-13,22,24H,6-7,14-18H2,1-2H3/t22-/m1/s1. The summed E-state index contributed by atoms with van der Waals surface area (Å²) in [5.41, 5.74) is 2.94. The lowest BCUT2D eigenvalue weighted by Crippen LogP contribution is -2.39. The van der Waals surface area contributed by atoms with E-state index in [0.717, 1.165) is 42.6 Å². The van der Waals surface area contributed by atoms with Gasteiger partial charge in [0.1, 0.15) is 0 Å². The molecule has 1 aliphatic heterocycles. The number of nitrogens with zero attached hydrogens (tertiary/aromatic N) is 2. The highest BCUT2D eigenvalue weighted by molar-refractivity contribution is 7.88. The largest absolute Gasteiger partial charge is 0.337 e. The molecule has 30 heavy (non-hydrogen) atoms. The minimum absolute atomic E-state index is 0.0232. The van der Waals surface area contributed by atoms with E-state index >= 15 is 0 Å². The van der Waals surface area contributed by atoms with Crippen LogP contribution in [0.1, 0.15) is 35.6 Å². The Morgan fingerprint density at radius 3 is 2.23 bits per heavy atom. The van der Waals surface area contributed by atoms with Crippen molar-refractivity contribution in [1.29, 1.82) is 0 Å². The first kappa shape index (κ1) is 22.5. The maximum atomic E-state index is 13.1. The van der Waals surface area contributed by atoms with Crippen molar-refractivity contribution in [3.05, 3.63) is 71.3 Å². The fourth-order valence-corrected chi connectivity index (χ4v) is 4.23. The highest BCUT2D eigenvalue weighted by Crippen LogP contribution is 2.23. The maximum Gasteiger partial charge on any atom is 0.227 e. The number of nitrogens with one attached hydrogen (secondary N) is 1. The summed E-state index contributed by atoms with van der Waals surface area (Å²) in [6.45, 7) is 3.28. The van der Waals surface area contributed by atoms with Gasteiger partial charge in [-0.1, -0.05) is 54.6 Å². The lowest BCUT2D eigenvalue weighted by atomic mass is 10.0. The molecule has 2 aromatic rings. The third kappa shape index (κ3) is 6.65. The van der Waals surface area contributed by atoms with Crippen LogP contribution >= 0.6 is 0 Å². The van der Waals surface area contributed by atoms with Gasteiger partial charge in [0.2, 0.25) is 15.9 Å². The van der Waals surface area contributed by atoms with E-state index in [1.807, 2.05) is 54.4 Å². The number of hydrogen-bond acceptors (Lipinski definition) is 4. The van der Waals surface area contributed by atoms with E-state index in [1.54, 1.807) is 0 Å². The second-order valence-corrected chi connectivity index (χ2v) is 9.86. The van der Waals surface area contributed by atoms with Gasteiger partial charge in [0.25, 0.3) is 0 Å². The second kappa shape index (κ2) is 10.2. The average Bonchev–Trinajstić information content (AvgIpc) is 3.24. The Kier molecular flexibility index (Phi) is 7.64. The van der Waals surface area contributed by atoms with Crippen LogP contribution in [0.15, 0.2) is 54.6 Å². The summed E-state index contributed by atoms with van der Waals surface area (Å²) in [4.78, 5) is 17.4. The molecule has 1 atom stereocenters. The summed E-state index contributed by atoms with van der Waals surface area (Å²) in [6.07, 6.45) is 3.90. The van der Waals surface area contributed by atoms with E-state index < -0.39 is 10.0 Å². The number of hydrogen-bond donors (Lipinski definition) is 1. The van der Waals surface area contributed by atoms with Crippen LogP contribution < -0.4 is 4.72 Å². The van der Waals surface area contributed by atoms with Crippen molar-refractivity contribution >= 4 is 15.9 Å². The number of benzene rings is 2. The first-order chi connectivity index (χ1) is 14.3. The van der Waals surface area contributed by atoms with Crippen molar-refractivity contribution in [2.24, 2.45) is 0 Å². The summed E-state index contributed by atoms with van der Waals surface area (Å²) in [5, 5.41) is 0. The summed E-state index contributed by atoms with van der Waals surface area (Å²) in [7, 11) is -1.33. The minimum atomic E-state index is -3.22. The lowest BCUT2D eigenvalue weighted by molar-refractivity contribution is -0.131. The van der Waals surface area contributed by atoms with Gasteiger partial charge in [-0.25, -0.2) is 13.1 Å². The van der Waals surface area contributed by atoms with E-state index in [1.165, 1.54) is 12.8 Å². The van der Waals surface area contributed by atoms with Crippen LogP contribution in [0.2, 0.25) is 0 Å². The van der Waals surface area contributed by atoms with Gasteiger partial charge in [-0.15, -0.1) is 0 Å². The molecule has 1 saturated heterocycles. The Balaban J connectivity index is 1.65. The maximum absolute atomic E-state index is 13.1. The van der Waals surface area contributed by atoms with Crippen LogP contribution in [-0.4, -0.2) is 57.1 Å². The summed E-state index contributed by atoms with van der Waals surface area (Å²) >= 11 is 0. The van der Waals surface area contributed by atoms with Crippen LogP contribution in [0, 0.1) is 0 Å². The first-order valence-corrected chi connectivity index (χ1v) is 12.3. The molecule has 1 fully saturated rings. The van der Waals surface area contributed by atoms with Gasteiger partial charge in [-0.2, -0.15) is 0 Å². The zero-order valence-electron chi connectivity index (χ0n) is 17.8. The van der Waals surface area contributed by atoms with Crippen molar-refractivity contribution in [3.63, 3.8) is 0 Å². The van der Waals surface area contributed by atoms with Crippen molar-refractivity contribution in [3.8, 4) is 0 Å². The molecular weight excluding hydrogens is 398 g/mol. The monoisotopic (exact) mass is 429 g/mol. The van der Waals surface area contributed by atoms with Gasteiger partial charge in [0.05, 0.1) is 18.7 Å². The molecule has 162 valence electrons. The van der Waals surface area contributed by atoms with Crippen molar-refractivity contribution in [2.45, 2.75) is 31.8 Å². The molecule has 0 bridgehead atoms. The molecule has 0 spiro atoms. The van der Waals surface area contributed by atoms with Crippen molar-refractivity contribution < 1.29 is 13.2 Å². The molecule has 0 aliphatic carbocycles. The van der Waals surface area contributed by atoms with E-state index in [0.29, 0.717) is 6.42 Å². The van der Waals surface area contributed by atoms with Crippen molar-refractivity contribution in [2.75, 3.05) is 32.9 Å². The predicted octanol–water partition coefficient (Wildman–Crippen LogP) is 2.57. The SMILES string of the molecule is CN(C(=O)Cc1ccc(CNS(C)(=O)=O)cc1)[C@H](CN1CCCC1)c1ccccc1. The molecule has 1 aliphatic rings. The van der Waals surface area contributed by atoms with Gasteiger partial charge in [-0.3, -0.25) is 4.79 Å². The molecular formula is C23H31N3O3S. The number of carbonyl (C=O) groups excluding carboxylic acids is 1. The number of amides is 1. The fraction of sp³-hybridized carbons (Fsp3) is 0.435. The molecule has 3 rings (SSSR count). The Morgan fingerprint density at radius 2 is 1.63 bits per heavy atom. The first-order valence-electron chi connectivity index (χ1n) is 10.4. The minimum Gasteiger partial charge on any atom is -0.337 e. The molecule has 0 radical (unpaired) electrons. The van der Waals surface area contributed by atoms with E-state index in [9.17, 15) is 13.2 Å². The third-order valence-corrected chi connectivity index (χ3v) is 6.26. The van der Waals surface area contributed by atoms with Gasteiger partial charge in [-0.05, 0) is 42.6 Å². The number of likely N-dealkylation sites (tertiary alicyclic amines) is 1. The fourth-order valence-electron chi connectivity index (χ4n) is 3.80. The Labute approximate surface area is 179 Å². The van der Waals surface area contributed by atoms with E-state index in [4.69, 9.17) is 0 Å². The summed E-state index contributed by atoms with van der Waals surface area (Å²) in [5.74, 6) is 0.0741. The molecule has 7 heteroatoms. The van der Waals surface area contributed by atoms with Gasteiger partial charge in [0.15, 0.2) is 0 Å². The Hall–Kier alpha value is -2.22. The molecule has 0 saturated carbocycles. The summed E-state index contributed by atoms with van der Waals surface area (Å²) < 4.78 is 24.9. The smallest absolute Gasteiger partial charge is 0.227 e. The number of sulfonamides is 1. The molecule has 0 aromatic heterocycles. The summed E-state index contributed by atoms with van der Waals surface area (Å²) in [6, 6.07) is 17.8. The zero-order chi connectivity index (χ0) is 21.6. The predicted molar refractivity (Wildman–Crippen MR) is 119 cm³/mol. The molecule has 1 N–H and O–H groups in total. The normalized spacial score (nSPS) is 15.8. The Morgan fingerprint density at radius 1 is 1.03 bits per heavy atom.